The first-order valence-electron chi connectivity index (χ1n) is 3.10. The molecule has 0 saturated carbocycles. The van der Waals surface area contributed by atoms with E-state index >= 15 is 0 Å². The van der Waals surface area contributed by atoms with Crippen LogP contribution in [0, 0.1) is 0 Å². The molecule has 0 aromatic carbocycles. The van der Waals surface area contributed by atoms with Crippen molar-refractivity contribution in [3.05, 3.63) is 0 Å². The molecule has 1 unspecified atom stereocenters. The first kappa shape index (κ1) is 12.3. The average Bonchev–Trinajstić information content (AvgIpc) is 1.66. The maximum absolute atomic E-state index is 5.51. The van der Waals surface area contributed by atoms with Crippen LogP contribution in [0.15, 0.2) is 0 Å². The highest BCUT2D eigenvalue weighted by Gasteiger charge is 1.90. The predicted molar refractivity (Wildman–Crippen MR) is 48.5 cm³/mol. The van der Waals surface area contributed by atoms with E-state index in [4.69, 9.17) is 5.73 Å². The standard InChI is InChI=1S/C6H15NS.ClH/c1-3-4-8-5-6(2)7;/h6H,3-5,7H2,1-2H3;1H. The van der Waals surface area contributed by atoms with Crippen LogP contribution in [0.1, 0.15) is 20.3 Å². The molecule has 0 aliphatic carbocycles. The largest absolute Gasteiger partial charge is 0.327 e. The van der Waals surface area contributed by atoms with Crippen LogP contribution in [0.3, 0.4) is 0 Å². The zero-order valence-electron chi connectivity index (χ0n) is 6.09. The molecule has 2 N–H and O–H groups in total. The van der Waals surface area contributed by atoms with Gasteiger partial charge in [0, 0.05) is 11.8 Å². The summed E-state index contributed by atoms with van der Waals surface area (Å²) in [5.74, 6) is 2.36. The van der Waals surface area contributed by atoms with Gasteiger partial charge in [-0.2, -0.15) is 11.8 Å². The highest BCUT2D eigenvalue weighted by Crippen LogP contribution is 2.01. The minimum absolute atomic E-state index is 0. The van der Waals surface area contributed by atoms with Crippen molar-refractivity contribution in [3.8, 4) is 0 Å². The van der Waals surface area contributed by atoms with Crippen molar-refractivity contribution in [3.63, 3.8) is 0 Å². The van der Waals surface area contributed by atoms with E-state index in [0.717, 1.165) is 5.75 Å². The molecule has 3 heteroatoms. The molecule has 0 bridgehead atoms. The van der Waals surface area contributed by atoms with Crippen LogP contribution < -0.4 is 5.73 Å². The van der Waals surface area contributed by atoms with Gasteiger partial charge in [0.25, 0.3) is 0 Å². The monoisotopic (exact) mass is 169 g/mol. The molecule has 0 radical (unpaired) electrons. The number of nitrogens with two attached hydrogens (primary N) is 1. The summed E-state index contributed by atoms with van der Waals surface area (Å²) in [6.45, 7) is 4.23. The predicted octanol–water partition coefficient (Wildman–Crippen LogP) is 1.90. The molecule has 0 amide bonds. The second-order valence-corrected chi connectivity index (χ2v) is 3.20. The minimum atomic E-state index is 0. The number of hydrogen-bond acceptors (Lipinski definition) is 2. The Balaban J connectivity index is 0. The van der Waals surface area contributed by atoms with Crippen LogP contribution >= 0.6 is 24.2 Å². The van der Waals surface area contributed by atoms with E-state index in [2.05, 4.69) is 6.92 Å². The Morgan fingerprint density at radius 2 is 2.11 bits per heavy atom. The Morgan fingerprint density at radius 3 is 2.44 bits per heavy atom. The molecule has 0 aliphatic heterocycles. The zero-order chi connectivity index (χ0) is 6.41. The van der Waals surface area contributed by atoms with Gasteiger partial charge in [-0.25, -0.2) is 0 Å². The Kier molecular flexibility index (Phi) is 11.7. The topological polar surface area (TPSA) is 26.0 Å². The summed E-state index contributed by atoms with van der Waals surface area (Å²) in [6.07, 6.45) is 1.26. The van der Waals surface area contributed by atoms with E-state index in [1.165, 1.54) is 12.2 Å². The Labute approximate surface area is 68.2 Å². The molecule has 0 aromatic rings. The number of thioether (sulfide) groups is 1. The van der Waals surface area contributed by atoms with Gasteiger partial charge in [0.05, 0.1) is 0 Å². The third-order valence-electron chi connectivity index (χ3n) is 0.729. The third-order valence-corrected chi connectivity index (χ3v) is 2.19. The minimum Gasteiger partial charge on any atom is -0.327 e. The molecule has 1 nitrogen and oxygen atoms in total. The Hall–Kier alpha value is 0.600. The smallest absolute Gasteiger partial charge is 0.0101 e. The van der Waals surface area contributed by atoms with Gasteiger partial charge in [-0.05, 0) is 19.1 Å². The van der Waals surface area contributed by atoms with Crippen molar-refractivity contribution < 1.29 is 0 Å². The van der Waals surface area contributed by atoms with E-state index < -0.39 is 0 Å². The maximum Gasteiger partial charge on any atom is 0.0101 e. The van der Waals surface area contributed by atoms with Crippen molar-refractivity contribution in [1.82, 2.24) is 0 Å². The molecule has 0 aliphatic rings. The number of hydrogen-bond donors (Lipinski definition) is 1. The van der Waals surface area contributed by atoms with Gasteiger partial charge >= 0.3 is 0 Å². The summed E-state index contributed by atoms with van der Waals surface area (Å²) in [4.78, 5) is 0. The molecule has 58 valence electrons. The van der Waals surface area contributed by atoms with Crippen LogP contribution in [0.25, 0.3) is 0 Å². The average molecular weight is 170 g/mol. The van der Waals surface area contributed by atoms with Crippen LogP contribution in [0.2, 0.25) is 0 Å². The zero-order valence-corrected chi connectivity index (χ0v) is 7.73. The molecule has 0 spiro atoms. The van der Waals surface area contributed by atoms with Gasteiger partial charge in [-0.15, -0.1) is 12.4 Å². The van der Waals surface area contributed by atoms with Crippen molar-refractivity contribution in [2.24, 2.45) is 5.73 Å². The lowest BCUT2D eigenvalue weighted by molar-refractivity contribution is 0.846. The fourth-order valence-corrected chi connectivity index (χ4v) is 1.24. The fraction of sp³-hybridized carbons (Fsp3) is 1.00. The van der Waals surface area contributed by atoms with Gasteiger partial charge < -0.3 is 5.73 Å². The normalized spacial score (nSPS) is 12.3. The number of rotatable bonds is 4. The van der Waals surface area contributed by atoms with E-state index in [1.807, 2.05) is 18.7 Å². The summed E-state index contributed by atoms with van der Waals surface area (Å²) in [5.41, 5.74) is 5.51. The van der Waals surface area contributed by atoms with Crippen molar-refractivity contribution in [1.29, 1.82) is 0 Å². The second-order valence-electron chi connectivity index (χ2n) is 2.05. The van der Waals surface area contributed by atoms with Gasteiger partial charge in [0.15, 0.2) is 0 Å². The first-order chi connectivity index (χ1) is 3.77. The highest BCUT2D eigenvalue weighted by molar-refractivity contribution is 7.99. The third kappa shape index (κ3) is 11.9. The molecule has 1 atom stereocenters. The van der Waals surface area contributed by atoms with E-state index in [0.29, 0.717) is 6.04 Å². The van der Waals surface area contributed by atoms with Crippen LogP contribution in [-0.2, 0) is 0 Å². The summed E-state index contributed by atoms with van der Waals surface area (Å²) < 4.78 is 0. The highest BCUT2D eigenvalue weighted by atomic mass is 35.5. The molecule has 0 fully saturated rings. The molecular weight excluding hydrogens is 154 g/mol. The molecular formula is C6H16ClNS. The summed E-state index contributed by atoms with van der Waals surface area (Å²) >= 11 is 1.94. The van der Waals surface area contributed by atoms with Crippen molar-refractivity contribution >= 4 is 24.2 Å². The summed E-state index contributed by atoms with van der Waals surface area (Å²) in [6, 6.07) is 0.367. The van der Waals surface area contributed by atoms with Crippen molar-refractivity contribution in [2.75, 3.05) is 11.5 Å². The van der Waals surface area contributed by atoms with Crippen LogP contribution in [-0.4, -0.2) is 17.5 Å². The van der Waals surface area contributed by atoms with E-state index in [9.17, 15) is 0 Å². The lowest BCUT2D eigenvalue weighted by Crippen LogP contribution is -2.17. The van der Waals surface area contributed by atoms with Gasteiger partial charge in [0.2, 0.25) is 0 Å². The van der Waals surface area contributed by atoms with Gasteiger partial charge in [0.1, 0.15) is 0 Å². The molecule has 0 rings (SSSR count). The van der Waals surface area contributed by atoms with Crippen LogP contribution in [0.4, 0.5) is 0 Å². The lowest BCUT2D eigenvalue weighted by atomic mass is 10.4. The quantitative estimate of drug-likeness (QED) is 0.651. The van der Waals surface area contributed by atoms with Crippen LogP contribution in [0.5, 0.6) is 0 Å². The van der Waals surface area contributed by atoms with E-state index in [-0.39, 0.29) is 12.4 Å². The van der Waals surface area contributed by atoms with Crippen molar-refractivity contribution in [2.45, 2.75) is 26.3 Å². The van der Waals surface area contributed by atoms with E-state index in [1.54, 1.807) is 0 Å². The molecule has 9 heavy (non-hydrogen) atoms. The maximum atomic E-state index is 5.51. The molecule has 0 aromatic heterocycles. The molecule has 0 heterocycles. The summed E-state index contributed by atoms with van der Waals surface area (Å²) in [5, 5.41) is 0. The number of halogens is 1. The Bertz CT molecular complexity index is 50.3. The SMILES string of the molecule is CCCSCC(C)N.Cl. The summed E-state index contributed by atoms with van der Waals surface area (Å²) in [7, 11) is 0. The van der Waals surface area contributed by atoms with Gasteiger partial charge in [-0.3, -0.25) is 0 Å². The second kappa shape index (κ2) is 8.60. The Morgan fingerprint density at radius 1 is 1.56 bits per heavy atom. The van der Waals surface area contributed by atoms with Gasteiger partial charge in [-0.1, -0.05) is 6.92 Å². The fourth-order valence-electron chi connectivity index (χ4n) is 0.414. The first-order valence-corrected chi connectivity index (χ1v) is 4.26. The molecule has 0 saturated heterocycles. The lowest BCUT2D eigenvalue weighted by Gasteiger charge is -2.01.